The van der Waals surface area contributed by atoms with E-state index in [1.54, 1.807) is 0 Å². The van der Waals surface area contributed by atoms with Crippen LogP contribution in [-0.2, 0) is 4.74 Å². The zero-order chi connectivity index (χ0) is 15.0. The molecule has 20 heavy (non-hydrogen) atoms. The van der Waals surface area contributed by atoms with Crippen molar-refractivity contribution in [1.82, 2.24) is 4.90 Å². The van der Waals surface area contributed by atoms with Crippen LogP contribution in [0.5, 0.6) is 0 Å². The van der Waals surface area contributed by atoms with Crippen molar-refractivity contribution in [2.75, 3.05) is 31.6 Å². The van der Waals surface area contributed by atoms with Crippen LogP contribution in [0, 0.1) is 0 Å². The minimum Gasteiger partial charge on any atom is -0.380 e. The van der Waals surface area contributed by atoms with E-state index in [0.29, 0.717) is 13.2 Å². The Balaban J connectivity index is 2.72. The highest BCUT2D eigenvalue weighted by atomic mass is 16.5. The molecule has 1 unspecified atom stereocenters. The number of amides is 1. The molecular weight excluding hydrogens is 252 g/mol. The molecule has 0 spiro atoms. The van der Waals surface area contributed by atoms with Gasteiger partial charge in [0, 0.05) is 37.0 Å². The number of ether oxygens (including phenoxy) is 1. The Morgan fingerprint density at radius 2 is 2.00 bits per heavy atom. The molecule has 1 rings (SSSR count). The van der Waals surface area contributed by atoms with Gasteiger partial charge < -0.3 is 15.0 Å². The molecule has 4 nitrogen and oxygen atoms in total. The summed E-state index contributed by atoms with van der Waals surface area (Å²) in [7, 11) is 0. The third kappa shape index (κ3) is 4.85. The summed E-state index contributed by atoms with van der Waals surface area (Å²) in [5.74, 6) is 0.0797. The van der Waals surface area contributed by atoms with E-state index in [4.69, 9.17) is 4.74 Å². The van der Waals surface area contributed by atoms with Crippen LogP contribution in [-0.4, -0.2) is 43.2 Å². The van der Waals surface area contributed by atoms with Gasteiger partial charge in [-0.15, -0.1) is 0 Å². The SMILES string of the molecule is CCOCC(C)Nc1cccc(C(=O)N(CC)CC)c1. The highest BCUT2D eigenvalue weighted by Crippen LogP contribution is 2.14. The van der Waals surface area contributed by atoms with E-state index in [-0.39, 0.29) is 11.9 Å². The van der Waals surface area contributed by atoms with Crippen molar-refractivity contribution < 1.29 is 9.53 Å². The summed E-state index contributed by atoms with van der Waals surface area (Å²) in [6.45, 7) is 10.9. The minimum absolute atomic E-state index is 0.0797. The van der Waals surface area contributed by atoms with Gasteiger partial charge in [-0.1, -0.05) is 6.07 Å². The van der Waals surface area contributed by atoms with Gasteiger partial charge in [-0.3, -0.25) is 4.79 Å². The van der Waals surface area contributed by atoms with Crippen molar-refractivity contribution in [3.05, 3.63) is 29.8 Å². The van der Waals surface area contributed by atoms with Crippen LogP contribution in [0.15, 0.2) is 24.3 Å². The first kappa shape index (κ1) is 16.5. The molecule has 0 saturated heterocycles. The topological polar surface area (TPSA) is 41.6 Å². The molecule has 0 heterocycles. The van der Waals surface area contributed by atoms with Gasteiger partial charge in [0.15, 0.2) is 0 Å². The average Bonchev–Trinajstić information content (AvgIpc) is 2.46. The first-order valence-electron chi connectivity index (χ1n) is 7.35. The summed E-state index contributed by atoms with van der Waals surface area (Å²) in [5, 5.41) is 3.35. The van der Waals surface area contributed by atoms with Crippen molar-refractivity contribution in [2.24, 2.45) is 0 Å². The Morgan fingerprint density at radius 3 is 2.60 bits per heavy atom. The molecule has 0 saturated carbocycles. The Morgan fingerprint density at radius 1 is 1.30 bits per heavy atom. The van der Waals surface area contributed by atoms with E-state index >= 15 is 0 Å². The van der Waals surface area contributed by atoms with Crippen molar-refractivity contribution in [3.8, 4) is 0 Å². The standard InChI is InChI=1S/C16H26N2O2/c1-5-18(6-2)16(19)14-9-8-10-15(11-14)17-13(4)12-20-7-3/h8-11,13,17H,5-7,12H2,1-4H3. The Hall–Kier alpha value is -1.55. The van der Waals surface area contributed by atoms with Crippen molar-refractivity contribution in [1.29, 1.82) is 0 Å². The van der Waals surface area contributed by atoms with E-state index < -0.39 is 0 Å². The number of rotatable bonds is 8. The van der Waals surface area contributed by atoms with Crippen molar-refractivity contribution in [3.63, 3.8) is 0 Å². The maximum absolute atomic E-state index is 12.3. The Kier molecular flexibility index (Phi) is 7.09. The largest absolute Gasteiger partial charge is 0.380 e. The molecule has 4 heteroatoms. The van der Waals surface area contributed by atoms with Crippen molar-refractivity contribution in [2.45, 2.75) is 33.7 Å². The second-order valence-electron chi connectivity index (χ2n) is 4.76. The molecule has 1 N–H and O–H groups in total. The van der Waals surface area contributed by atoms with Crippen LogP contribution < -0.4 is 5.32 Å². The van der Waals surface area contributed by atoms with Gasteiger partial charge in [-0.25, -0.2) is 0 Å². The maximum Gasteiger partial charge on any atom is 0.253 e. The monoisotopic (exact) mass is 278 g/mol. The van der Waals surface area contributed by atoms with Gasteiger partial charge in [0.1, 0.15) is 0 Å². The minimum atomic E-state index is 0.0797. The lowest BCUT2D eigenvalue weighted by Crippen LogP contribution is -2.30. The van der Waals surface area contributed by atoms with Gasteiger partial charge in [0.25, 0.3) is 5.91 Å². The zero-order valence-electron chi connectivity index (χ0n) is 13.0. The van der Waals surface area contributed by atoms with E-state index in [1.165, 1.54) is 0 Å². The highest BCUT2D eigenvalue weighted by molar-refractivity contribution is 5.95. The van der Waals surface area contributed by atoms with Crippen molar-refractivity contribution >= 4 is 11.6 Å². The van der Waals surface area contributed by atoms with Crippen LogP contribution in [0.1, 0.15) is 38.1 Å². The number of nitrogens with zero attached hydrogens (tertiary/aromatic N) is 1. The first-order valence-corrected chi connectivity index (χ1v) is 7.35. The molecule has 0 aromatic heterocycles. The molecule has 112 valence electrons. The number of benzene rings is 1. The fourth-order valence-electron chi connectivity index (χ4n) is 2.06. The normalized spacial score (nSPS) is 12.0. The van der Waals surface area contributed by atoms with E-state index in [0.717, 1.165) is 24.3 Å². The molecule has 1 atom stereocenters. The summed E-state index contributed by atoms with van der Waals surface area (Å²) >= 11 is 0. The molecule has 0 aliphatic rings. The van der Waals surface area contributed by atoms with Gasteiger partial charge >= 0.3 is 0 Å². The summed E-state index contributed by atoms with van der Waals surface area (Å²) < 4.78 is 5.38. The van der Waals surface area contributed by atoms with Gasteiger partial charge in [0.2, 0.25) is 0 Å². The molecule has 0 aliphatic carbocycles. The average molecular weight is 278 g/mol. The summed E-state index contributed by atoms with van der Waals surface area (Å²) in [4.78, 5) is 14.1. The van der Waals surface area contributed by atoms with E-state index in [1.807, 2.05) is 49.9 Å². The number of hydrogen-bond acceptors (Lipinski definition) is 3. The molecule has 1 amide bonds. The molecule has 0 bridgehead atoms. The molecule has 0 fully saturated rings. The first-order chi connectivity index (χ1) is 9.62. The van der Waals surface area contributed by atoms with Gasteiger partial charge in [-0.05, 0) is 45.9 Å². The lowest BCUT2D eigenvalue weighted by Gasteiger charge is -2.20. The fraction of sp³-hybridized carbons (Fsp3) is 0.562. The molecule has 0 radical (unpaired) electrons. The van der Waals surface area contributed by atoms with Crippen LogP contribution in [0.4, 0.5) is 5.69 Å². The van der Waals surface area contributed by atoms with Gasteiger partial charge in [-0.2, -0.15) is 0 Å². The van der Waals surface area contributed by atoms with Crippen LogP contribution >= 0.6 is 0 Å². The zero-order valence-corrected chi connectivity index (χ0v) is 13.0. The number of nitrogens with one attached hydrogen (secondary N) is 1. The molecule has 1 aromatic rings. The summed E-state index contributed by atoms with van der Waals surface area (Å²) in [6, 6.07) is 7.87. The molecule has 1 aromatic carbocycles. The Bertz CT molecular complexity index is 417. The maximum atomic E-state index is 12.3. The van der Waals surface area contributed by atoms with Gasteiger partial charge in [0.05, 0.1) is 6.61 Å². The second-order valence-corrected chi connectivity index (χ2v) is 4.76. The second kappa shape index (κ2) is 8.59. The lowest BCUT2D eigenvalue weighted by molar-refractivity contribution is 0.0773. The third-order valence-electron chi connectivity index (χ3n) is 3.15. The lowest BCUT2D eigenvalue weighted by atomic mass is 10.1. The Labute approximate surface area is 122 Å². The quantitative estimate of drug-likeness (QED) is 0.795. The van der Waals surface area contributed by atoms with E-state index in [9.17, 15) is 4.79 Å². The smallest absolute Gasteiger partial charge is 0.253 e. The summed E-state index contributed by atoms with van der Waals surface area (Å²) in [6.07, 6.45) is 0. The fourth-order valence-corrected chi connectivity index (χ4v) is 2.06. The van der Waals surface area contributed by atoms with Crippen LogP contribution in [0.2, 0.25) is 0 Å². The molecule has 0 aliphatic heterocycles. The number of carbonyl (C=O) groups is 1. The third-order valence-corrected chi connectivity index (χ3v) is 3.15. The summed E-state index contributed by atoms with van der Waals surface area (Å²) in [5.41, 5.74) is 1.68. The van der Waals surface area contributed by atoms with Crippen LogP contribution in [0.3, 0.4) is 0 Å². The predicted octanol–water partition coefficient (Wildman–Crippen LogP) is 3.01. The highest BCUT2D eigenvalue weighted by Gasteiger charge is 2.13. The predicted molar refractivity (Wildman–Crippen MR) is 83.3 cm³/mol. The van der Waals surface area contributed by atoms with Crippen LogP contribution in [0.25, 0.3) is 0 Å². The number of anilines is 1. The number of hydrogen-bond donors (Lipinski definition) is 1. The molecular formula is C16H26N2O2. The number of carbonyl (C=O) groups excluding carboxylic acids is 1. The van der Waals surface area contributed by atoms with E-state index in [2.05, 4.69) is 12.2 Å².